The first-order chi connectivity index (χ1) is 13.7. The molecule has 0 spiro atoms. The van der Waals surface area contributed by atoms with Gasteiger partial charge in [0.15, 0.2) is 0 Å². The zero-order chi connectivity index (χ0) is 19.3. The lowest BCUT2D eigenvalue weighted by atomic mass is 9.96. The molecule has 1 aliphatic carbocycles. The van der Waals surface area contributed by atoms with Gasteiger partial charge in [-0.2, -0.15) is 5.26 Å². The number of hydrogen-bond donors (Lipinski definition) is 2. The zero-order valence-electron chi connectivity index (χ0n) is 15.2. The van der Waals surface area contributed by atoms with Crippen molar-refractivity contribution in [3.63, 3.8) is 0 Å². The number of aromatic amines is 1. The van der Waals surface area contributed by atoms with E-state index in [1.807, 2.05) is 30.3 Å². The number of hydrogen-bond acceptors (Lipinski definition) is 6. The summed E-state index contributed by atoms with van der Waals surface area (Å²) in [5.74, 6) is 0.831. The normalized spacial score (nSPS) is 13.0. The summed E-state index contributed by atoms with van der Waals surface area (Å²) in [6, 6.07) is 12.3. The summed E-state index contributed by atoms with van der Waals surface area (Å²) in [5, 5.41) is 20.7. The number of nitriles is 1. The molecule has 4 rings (SSSR count). The van der Waals surface area contributed by atoms with Crippen molar-refractivity contribution in [1.82, 2.24) is 15.2 Å². The minimum absolute atomic E-state index is 0.144. The third-order valence-corrected chi connectivity index (χ3v) is 6.65. The van der Waals surface area contributed by atoms with Crippen LogP contribution in [0.15, 0.2) is 35.5 Å². The molecule has 1 aromatic carbocycles. The van der Waals surface area contributed by atoms with Gasteiger partial charge in [0.25, 0.3) is 0 Å². The summed E-state index contributed by atoms with van der Waals surface area (Å²) >= 11 is 2.82. The highest BCUT2D eigenvalue weighted by atomic mass is 32.2. The van der Waals surface area contributed by atoms with E-state index in [0.717, 1.165) is 42.6 Å². The van der Waals surface area contributed by atoms with Crippen molar-refractivity contribution in [2.24, 2.45) is 0 Å². The van der Waals surface area contributed by atoms with Crippen LogP contribution in [0.1, 0.15) is 40.2 Å². The second-order valence-electron chi connectivity index (χ2n) is 6.59. The highest BCUT2D eigenvalue weighted by Gasteiger charge is 2.21. The molecule has 0 aliphatic heterocycles. The predicted octanol–water partition coefficient (Wildman–Crippen LogP) is 3.94. The van der Waals surface area contributed by atoms with Gasteiger partial charge in [0, 0.05) is 11.3 Å². The van der Waals surface area contributed by atoms with Crippen LogP contribution in [-0.2, 0) is 24.1 Å². The molecule has 28 heavy (non-hydrogen) atoms. The van der Waals surface area contributed by atoms with Crippen LogP contribution >= 0.6 is 23.1 Å². The van der Waals surface area contributed by atoms with E-state index in [4.69, 9.17) is 0 Å². The van der Waals surface area contributed by atoms with Crippen molar-refractivity contribution < 1.29 is 4.79 Å². The molecule has 2 aromatic heterocycles. The van der Waals surface area contributed by atoms with Crippen molar-refractivity contribution in [3.8, 4) is 6.07 Å². The monoisotopic (exact) mass is 409 g/mol. The molecule has 3 aromatic rings. The van der Waals surface area contributed by atoms with Gasteiger partial charge in [-0.25, -0.2) is 4.98 Å². The van der Waals surface area contributed by atoms with E-state index in [9.17, 15) is 10.1 Å². The average Bonchev–Trinajstić information content (AvgIpc) is 3.30. The number of rotatable bonds is 6. The lowest BCUT2D eigenvalue weighted by Crippen LogP contribution is -2.14. The minimum Gasteiger partial charge on any atom is -0.316 e. The molecule has 1 aliphatic rings. The van der Waals surface area contributed by atoms with E-state index in [2.05, 4.69) is 26.6 Å². The fraction of sp³-hybridized carbons (Fsp3) is 0.300. The Morgan fingerprint density at radius 2 is 2.11 bits per heavy atom. The molecule has 2 heterocycles. The molecule has 142 valence electrons. The van der Waals surface area contributed by atoms with Crippen LogP contribution in [0.25, 0.3) is 0 Å². The number of aryl methyl sites for hydroxylation is 1. The Morgan fingerprint density at radius 1 is 1.29 bits per heavy atom. The largest absolute Gasteiger partial charge is 0.316 e. The quantitative estimate of drug-likeness (QED) is 0.602. The van der Waals surface area contributed by atoms with E-state index in [0.29, 0.717) is 22.1 Å². The molecule has 0 bridgehead atoms. The first-order valence-electron chi connectivity index (χ1n) is 9.15. The maximum Gasteiger partial charge on any atom is 0.235 e. The lowest BCUT2D eigenvalue weighted by Gasteiger charge is -2.09. The third-order valence-electron chi connectivity index (χ3n) is 4.59. The summed E-state index contributed by atoms with van der Waals surface area (Å²) in [5.41, 5.74) is 2.92. The van der Waals surface area contributed by atoms with Crippen molar-refractivity contribution in [1.29, 1.82) is 5.26 Å². The molecular formula is C20H19N5OS2. The Hall–Kier alpha value is -2.63. The summed E-state index contributed by atoms with van der Waals surface area (Å²) in [4.78, 5) is 18.0. The Labute approximate surface area is 171 Å². The van der Waals surface area contributed by atoms with Crippen molar-refractivity contribution in [3.05, 3.63) is 57.7 Å². The average molecular weight is 410 g/mol. The number of thioether (sulfide) groups is 1. The van der Waals surface area contributed by atoms with Gasteiger partial charge < -0.3 is 5.32 Å². The van der Waals surface area contributed by atoms with Gasteiger partial charge in [0.1, 0.15) is 16.9 Å². The zero-order valence-corrected chi connectivity index (χ0v) is 16.8. The summed E-state index contributed by atoms with van der Waals surface area (Å²) < 4.78 is 0. The molecule has 0 atom stereocenters. The third kappa shape index (κ3) is 4.26. The molecule has 0 fully saturated rings. The molecule has 2 N–H and O–H groups in total. The number of anilines is 1. The second kappa shape index (κ2) is 8.59. The number of carbonyl (C=O) groups is 1. The van der Waals surface area contributed by atoms with Crippen LogP contribution in [0, 0.1) is 11.3 Å². The van der Waals surface area contributed by atoms with Crippen LogP contribution in [-0.4, -0.2) is 26.8 Å². The highest BCUT2D eigenvalue weighted by molar-refractivity contribution is 7.99. The van der Waals surface area contributed by atoms with Crippen LogP contribution in [0.4, 0.5) is 5.00 Å². The maximum absolute atomic E-state index is 12.4. The summed E-state index contributed by atoms with van der Waals surface area (Å²) in [6.07, 6.45) is 4.86. The van der Waals surface area contributed by atoms with Gasteiger partial charge >= 0.3 is 0 Å². The van der Waals surface area contributed by atoms with E-state index < -0.39 is 0 Å². The van der Waals surface area contributed by atoms with Gasteiger partial charge in [-0.3, -0.25) is 9.89 Å². The Bertz CT molecular complexity index is 1020. The summed E-state index contributed by atoms with van der Waals surface area (Å²) in [6.45, 7) is 0. The van der Waals surface area contributed by atoms with Gasteiger partial charge in [-0.05, 0) is 36.8 Å². The van der Waals surface area contributed by atoms with E-state index in [1.54, 1.807) is 11.3 Å². The van der Waals surface area contributed by atoms with E-state index in [-0.39, 0.29) is 11.7 Å². The second-order valence-corrected chi connectivity index (χ2v) is 8.64. The molecule has 0 saturated carbocycles. The molecule has 6 nitrogen and oxygen atoms in total. The van der Waals surface area contributed by atoms with Crippen LogP contribution in [0.2, 0.25) is 0 Å². The topological polar surface area (TPSA) is 94.5 Å². The number of nitrogens with one attached hydrogen (secondary N) is 2. The van der Waals surface area contributed by atoms with Gasteiger partial charge in [-0.1, -0.05) is 42.1 Å². The van der Waals surface area contributed by atoms with Crippen molar-refractivity contribution in [2.45, 2.75) is 37.3 Å². The van der Waals surface area contributed by atoms with Crippen LogP contribution in [0.5, 0.6) is 0 Å². The van der Waals surface area contributed by atoms with Crippen molar-refractivity contribution >= 4 is 34.0 Å². The van der Waals surface area contributed by atoms with Crippen LogP contribution in [0.3, 0.4) is 0 Å². The SMILES string of the molecule is N#Cc1c(NC(=O)CSc2n[nH]c(Cc3ccccc3)n2)sc2c1CCCC2. The molecule has 0 saturated heterocycles. The number of fused-ring (bicyclic) bond motifs is 1. The summed E-state index contributed by atoms with van der Waals surface area (Å²) in [7, 11) is 0. The number of thiophene rings is 1. The number of benzene rings is 1. The molecule has 0 radical (unpaired) electrons. The van der Waals surface area contributed by atoms with Crippen LogP contribution < -0.4 is 5.32 Å². The maximum atomic E-state index is 12.4. The Morgan fingerprint density at radius 3 is 2.93 bits per heavy atom. The Kier molecular flexibility index (Phi) is 5.74. The number of aromatic nitrogens is 3. The number of amides is 1. The van der Waals surface area contributed by atoms with E-state index >= 15 is 0 Å². The highest BCUT2D eigenvalue weighted by Crippen LogP contribution is 2.37. The number of nitrogens with zero attached hydrogens (tertiary/aromatic N) is 3. The fourth-order valence-electron chi connectivity index (χ4n) is 3.28. The predicted molar refractivity (Wildman–Crippen MR) is 111 cm³/mol. The minimum atomic E-state index is -0.144. The first-order valence-corrected chi connectivity index (χ1v) is 11.0. The molecule has 0 unspecified atom stereocenters. The Balaban J connectivity index is 1.34. The van der Waals surface area contributed by atoms with E-state index in [1.165, 1.54) is 16.6 Å². The van der Waals surface area contributed by atoms with Gasteiger partial charge in [0.05, 0.1) is 11.3 Å². The molecule has 1 amide bonds. The number of carbonyl (C=O) groups excluding carboxylic acids is 1. The lowest BCUT2D eigenvalue weighted by molar-refractivity contribution is -0.113. The standard InChI is InChI=1S/C20H19N5OS2/c21-11-15-14-8-4-5-9-16(14)28-19(15)23-18(26)12-27-20-22-17(24-25-20)10-13-6-2-1-3-7-13/h1-3,6-7H,4-5,8-10,12H2,(H,23,26)(H,22,24,25). The van der Waals surface area contributed by atoms with Gasteiger partial charge in [-0.15, -0.1) is 16.4 Å². The smallest absolute Gasteiger partial charge is 0.235 e. The van der Waals surface area contributed by atoms with Crippen molar-refractivity contribution in [2.75, 3.05) is 11.1 Å². The molecule has 8 heteroatoms. The van der Waals surface area contributed by atoms with Gasteiger partial charge in [0.2, 0.25) is 11.1 Å². The first kappa shape index (κ1) is 18.7. The fourth-order valence-corrected chi connectivity index (χ4v) is 5.15. The number of H-pyrrole nitrogens is 1. The molecular weight excluding hydrogens is 390 g/mol.